The molecular formula is C20H26BrNO3. The average molecular weight is 408 g/mol. The van der Waals surface area contributed by atoms with Crippen LogP contribution in [-0.4, -0.2) is 16.9 Å². The Bertz CT molecular complexity index is 682. The van der Waals surface area contributed by atoms with Crippen LogP contribution in [0.1, 0.15) is 70.8 Å². The van der Waals surface area contributed by atoms with Crippen molar-refractivity contribution in [3.05, 3.63) is 34.0 Å². The first-order valence-electron chi connectivity index (χ1n) is 9.04. The Morgan fingerprint density at radius 2 is 1.76 bits per heavy atom. The van der Waals surface area contributed by atoms with E-state index in [0.29, 0.717) is 17.7 Å². The Morgan fingerprint density at radius 3 is 2.40 bits per heavy atom. The fourth-order valence-electron chi connectivity index (χ4n) is 3.21. The first kappa shape index (κ1) is 19.7. The molecule has 0 bridgehead atoms. The van der Waals surface area contributed by atoms with Gasteiger partial charge < -0.3 is 5.11 Å². The van der Waals surface area contributed by atoms with Crippen LogP contribution in [0.3, 0.4) is 0 Å². The monoisotopic (exact) mass is 407 g/mol. The summed E-state index contributed by atoms with van der Waals surface area (Å²) in [4.78, 5) is 25.6. The Hall–Kier alpha value is -1.62. The first-order valence-corrected chi connectivity index (χ1v) is 9.83. The number of allylic oxidation sites excluding steroid dienone is 1. The zero-order valence-electron chi connectivity index (χ0n) is 15.0. The molecule has 5 heteroatoms. The topological polar surface area (TPSA) is 57.6 Å². The summed E-state index contributed by atoms with van der Waals surface area (Å²) in [5.41, 5.74) is 1.43. The van der Waals surface area contributed by atoms with Crippen LogP contribution in [0.4, 0.5) is 5.69 Å². The van der Waals surface area contributed by atoms with Gasteiger partial charge in [-0.2, -0.15) is 0 Å². The number of hydrogen-bond donors (Lipinski definition) is 1. The van der Waals surface area contributed by atoms with Crippen molar-refractivity contribution in [2.24, 2.45) is 0 Å². The number of aliphatic hydroxyl groups excluding tert-OH is 1. The van der Waals surface area contributed by atoms with Gasteiger partial charge in [-0.05, 0) is 24.6 Å². The van der Waals surface area contributed by atoms with Crippen molar-refractivity contribution in [3.63, 3.8) is 0 Å². The summed E-state index contributed by atoms with van der Waals surface area (Å²) in [5, 5.41) is 10.5. The molecule has 0 aromatic heterocycles. The molecule has 1 aromatic carbocycles. The maximum atomic E-state index is 12.6. The molecule has 1 aromatic rings. The average Bonchev–Trinajstić information content (AvgIpc) is 2.85. The summed E-state index contributed by atoms with van der Waals surface area (Å²) < 4.78 is 0.811. The highest BCUT2D eigenvalue weighted by Gasteiger charge is 2.37. The molecule has 0 fully saturated rings. The lowest BCUT2D eigenvalue weighted by Gasteiger charge is -2.11. The van der Waals surface area contributed by atoms with Crippen molar-refractivity contribution in [1.29, 1.82) is 0 Å². The number of anilines is 1. The van der Waals surface area contributed by atoms with Crippen LogP contribution in [-0.2, 0) is 9.59 Å². The molecule has 0 spiro atoms. The summed E-state index contributed by atoms with van der Waals surface area (Å²) in [7, 11) is 0. The maximum Gasteiger partial charge on any atom is 0.269 e. The van der Waals surface area contributed by atoms with Gasteiger partial charge in [-0.1, -0.05) is 61.4 Å². The van der Waals surface area contributed by atoms with E-state index in [1.807, 2.05) is 0 Å². The van der Waals surface area contributed by atoms with Gasteiger partial charge in [0.2, 0.25) is 5.91 Å². The lowest BCUT2D eigenvalue weighted by molar-refractivity contribution is -0.122. The van der Waals surface area contributed by atoms with Gasteiger partial charge in [-0.3, -0.25) is 9.59 Å². The molecule has 136 valence electrons. The fourth-order valence-corrected chi connectivity index (χ4v) is 3.57. The van der Waals surface area contributed by atoms with Crippen LogP contribution < -0.4 is 4.90 Å². The molecule has 0 radical (unpaired) electrons. The molecule has 1 heterocycles. The number of aliphatic hydroxyl groups is 1. The van der Waals surface area contributed by atoms with E-state index in [4.69, 9.17) is 0 Å². The van der Waals surface area contributed by atoms with Gasteiger partial charge >= 0.3 is 0 Å². The molecule has 0 unspecified atom stereocenters. The number of unbranched alkanes of at least 4 members (excludes halogenated alkanes) is 6. The smallest absolute Gasteiger partial charge is 0.269 e. The number of benzene rings is 1. The third kappa shape index (κ3) is 4.72. The van der Waals surface area contributed by atoms with Crippen LogP contribution in [0.2, 0.25) is 0 Å². The molecule has 0 atom stereocenters. The molecule has 0 saturated carbocycles. The van der Waals surface area contributed by atoms with Crippen LogP contribution >= 0.6 is 15.9 Å². The summed E-state index contributed by atoms with van der Waals surface area (Å²) in [6, 6.07) is 5.30. The van der Waals surface area contributed by atoms with Crippen LogP contribution in [0.5, 0.6) is 0 Å². The van der Waals surface area contributed by atoms with Crippen molar-refractivity contribution in [2.75, 3.05) is 4.90 Å². The van der Waals surface area contributed by atoms with E-state index in [1.54, 1.807) is 18.2 Å². The van der Waals surface area contributed by atoms with Gasteiger partial charge in [0, 0.05) is 23.4 Å². The third-order valence-electron chi connectivity index (χ3n) is 4.51. The summed E-state index contributed by atoms with van der Waals surface area (Å²) in [6.45, 7) is 3.56. The van der Waals surface area contributed by atoms with E-state index in [0.717, 1.165) is 28.6 Å². The molecule has 1 aliphatic rings. The fraction of sp³-hybridized carbons (Fsp3) is 0.500. The van der Waals surface area contributed by atoms with Gasteiger partial charge in [0.05, 0.1) is 11.3 Å². The highest BCUT2D eigenvalue weighted by molar-refractivity contribution is 9.10. The first-order chi connectivity index (χ1) is 12.0. The molecule has 1 N–H and O–H groups in total. The molecule has 25 heavy (non-hydrogen) atoms. The number of amides is 2. The van der Waals surface area contributed by atoms with Crippen LogP contribution in [0.15, 0.2) is 28.4 Å². The molecule has 0 aliphatic carbocycles. The van der Waals surface area contributed by atoms with E-state index < -0.39 is 5.91 Å². The number of hydrogen-bond acceptors (Lipinski definition) is 3. The van der Waals surface area contributed by atoms with E-state index in [9.17, 15) is 14.7 Å². The zero-order chi connectivity index (χ0) is 18.4. The number of rotatable bonds is 8. The predicted molar refractivity (Wildman–Crippen MR) is 104 cm³/mol. The third-order valence-corrected chi connectivity index (χ3v) is 5.00. The van der Waals surface area contributed by atoms with Crippen molar-refractivity contribution in [2.45, 2.75) is 65.2 Å². The van der Waals surface area contributed by atoms with Gasteiger partial charge in [-0.25, -0.2) is 4.90 Å². The number of carbonyl (C=O) groups excluding carboxylic acids is 2. The Kier molecular flexibility index (Phi) is 7.24. The minimum Gasteiger partial charge on any atom is -0.511 e. The van der Waals surface area contributed by atoms with E-state index >= 15 is 0 Å². The highest BCUT2D eigenvalue weighted by atomic mass is 79.9. The van der Waals surface area contributed by atoms with Crippen LogP contribution in [0.25, 0.3) is 5.57 Å². The van der Waals surface area contributed by atoms with E-state index in [1.165, 1.54) is 32.6 Å². The Morgan fingerprint density at radius 1 is 1.12 bits per heavy atom. The van der Waals surface area contributed by atoms with Gasteiger partial charge in [0.25, 0.3) is 5.91 Å². The number of fused-ring (bicyclic) bond motifs is 1. The lowest BCUT2D eigenvalue weighted by atomic mass is 10.0. The molecular weight excluding hydrogens is 382 g/mol. The Balaban J connectivity index is 2.09. The minimum atomic E-state index is -0.430. The SMILES string of the molecule is CCCCCCCCCC(O)=C1C(=O)N(C(C)=O)c2ccc(Br)cc21. The Labute approximate surface area is 158 Å². The quantitative estimate of drug-likeness (QED) is 0.338. The van der Waals surface area contributed by atoms with Crippen molar-refractivity contribution in [1.82, 2.24) is 0 Å². The number of imide groups is 1. The van der Waals surface area contributed by atoms with Gasteiger partial charge in [0.15, 0.2) is 0 Å². The standard InChI is InChI=1S/C20H26BrNO3/c1-3-4-5-6-7-8-9-10-18(24)19-16-13-15(21)11-12-17(16)22(14(2)23)20(19)25/h11-13,24H,3-10H2,1-2H3. The zero-order valence-corrected chi connectivity index (χ0v) is 16.6. The molecule has 4 nitrogen and oxygen atoms in total. The van der Waals surface area contributed by atoms with Gasteiger partial charge in [0.1, 0.15) is 5.76 Å². The number of nitrogens with zero attached hydrogens (tertiary/aromatic N) is 1. The second kappa shape index (κ2) is 9.18. The summed E-state index contributed by atoms with van der Waals surface area (Å²) in [5.74, 6) is -0.685. The second-order valence-electron chi connectivity index (χ2n) is 6.51. The summed E-state index contributed by atoms with van der Waals surface area (Å²) >= 11 is 3.39. The van der Waals surface area contributed by atoms with Gasteiger partial charge in [-0.15, -0.1) is 0 Å². The van der Waals surface area contributed by atoms with Crippen molar-refractivity contribution < 1.29 is 14.7 Å². The highest BCUT2D eigenvalue weighted by Crippen LogP contribution is 2.40. The van der Waals surface area contributed by atoms with Crippen molar-refractivity contribution >= 4 is 39.0 Å². The molecule has 1 aliphatic heterocycles. The molecule has 2 rings (SSSR count). The molecule has 2 amide bonds. The minimum absolute atomic E-state index is 0.0849. The summed E-state index contributed by atoms with van der Waals surface area (Å²) in [6.07, 6.45) is 8.49. The maximum absolute atomic E-state index is 12.6. The van der Waals surface area contributed by atoms with E-state index in [-0.39, 0.29) is 17.2 Å². The number of carbonyl (C=O) groups is 2. The lowest BCUT2D eigenvalue weighted by Crippen LogP contribution is -2.31. The van der Waals surface area contributed by atoms with E-state index in [2.05, 4.69) is 22.9 Å². The second-order valence-corrected chi connectivity index (χ2v) is 7.43. The number of halogens is 1. The van der Waals surface area contributed by atoms with Crippen LogP contribution in [0, 0.1) is 0 Å². The molecule has 0 saturated heterocycles. The van der Waals surface area contributed by atoms with Crippen molar-refractivity contribution in [3.8, 4) is 0 Å². The normalized spacial score (nSPS) is 15.5. The predicted octanol–water partition coefficient (Wildman–Crippen LogP) is 5.75. The largest absolute Gasteiger partial charge is 0.511 e.